The minimum absolute atomic E-state index is 0.0510. The molecule has 0 bridgehead atoms. The first-order chi connectivity index (χ1) is 7.61. The Morgan fingerprint density at radius 3 is 3.00 bits per heavy atom. The first-order valence-corrected chi connectivity index (χ1v) is 5.19. The number of hydrogen-bond acceptors (Lipinski definition) is 4. The zero-order chi connectivity index (χ0) is 11.7. The van der Waals surface area contributed by atoms with Crippen molar-refractivity contribution in [2.24, 2.45) is 0 Å². The maximum Gasteiger partial charge on any atom is 0.262 e. The van der Waals surface area contributed by atoms with Crippen LogP contribution in [0.5, 0.6) is 5.75 Å². The van der Waals surface area contributed by atoms with E-state index in [1.807, 2.05) is 24.9 Å². The molecule has 2 rings (SSSR count). The number of nitrogens with two attached hydrogens (primary N) is 1. The van der Waals surface area contributed by atoms with E-state index < -0.39 is 0 Å². The SMILES string of the molecule is CCN(C)c1cc2c(cc1N)OCC(=O)N2. The van der Waals surface area contributed by atoms with E-state index in [1.54, 1.807) is 6.07 Å². The van der Waals surface area contributed by atoms with E-state index in [9.17, 15) is 4.79 Å². The van der Waals surface area contributed by atoms with Gasteiger partial charge >= 0.3 is 0 Å². The molecule has 0 aliphatic carbocycles. The third kappa shape index (κ3) is 1.76. The van der Waals surface area contributed by atoms with Gasteiger partial charge in [-0.15, -0.1) is 0 Å². The average molecular weight is 221 g/mol. The maximum absolute atomic E-state index is 11.2. The summed E-state index contributed by atoms with van der Waals surface area (Å²) in [7, 11) is 1.95. The number of nitrogens with one attached hydrogen (secondary N) is 1. The van der Waals surface area contributed by atoms with Crippen molar-refractivity contribution in [3.05, 3.63) is 12.1 Å². The topological polar surface area (TPSA) is 67.6 Å². The van der Waals surface area contributed by atoms with Crippen molar-refractivity contribution in [1.29, 1.82) is 0 Å². The van der Waals surface area contributed by atoms with Crippen molar-refractivity contribution in [2.75, 3.05) is 36.1 Å². The van der Waals surface area contributed by atoms with Gasteiger partial charge in [0.15, 0.2) is 6.61 Å². The molecular weight excluding hydrogens is 206 g/mol. The summed E-state index contributed by atoms with van der Waals surface area (Å²) in [4.78, 5) is 13.2. The fourth-order valence-electron chi connectivity index (χ4n) is 1.63. The number of amides is 1. The predicted octanol–water partition coefficient (Wildman–Crippen LogP) is 1.06. The van der Waals surface area contributed by atoms with Crippen molar-refractivity contribution in [3.63, 3.8) is 0 Å². The summed E-state index contributed by atoms with van der Waals surface area (Å²) in [6.07, 6.45) is 0. The Balaban J connectivity index is 2.42. The van der Waals surface area contributed by atoms with Gasteiger partial charge in [-0.25, -0.2) is 0 Å². The van der Waals surface area contributed by atoms with Crippen molar-refractivity contribution >= 4 is 23.0 Å². The lowest BCUT2D eigenvalue weighted by Crippen LogP contribution is -2.26. The Morgan fingerprint density at radius 1 is 1.56 bits per heavy atom. The Kier molecular flexibility index (Phi) is 2.60. The van der Waals surface area contributed by atoms with E-state index in [-0.39, 0.29) is 12.5 Å². The van der Waals surface area contributed by atoms with E-state index >= 15 is 0 Å². The fraction of sp³-hybridized carbons (Fsp3) is 0.364. The standard InChI is InChI=1S/C11H15N3O2/c1-3-14(2)9-5-8-10(4-7(9)12)16-6-11(15)13-8/h4-5H,3,6,12H2,1-2H3,(H,13,15). The lowest BCUT2D eigenvalue weighted by atomic mass is 10.2. The second-order valence-electron chi connectivity index (χ2n) is 3.76. The third-order valence-corrected chi connectivity index (χ3v) is 2.65. The molecule has 0 radical (unpaired) electrons. The molecule has 1 aliphatic heterocycles. The van der Waals surface area contributed by atoms with E-state index in [0.29, 0.717) is 17.1 Å². The molecule has 0 unspecified atom stereocenters. The van der Waals surface area contributed by atoms with Gasteiger partial charge in [0.1, 0.15) is 5.75 Å². The minimum Gasteiger partial charge on any atom is -0.482 e. The van der Waals surface area contributed by atoms with Crippen molar-refractivity contribution in [1.82, 2.24) is 0 Å². The first-order valence-electron chi connectivity index (χ1n) is 5.19. The van der Waals surface area contributed by atoms with E-state index in [0.717, 1.165) is 12.2 Å². The highest BCUT2D eigenvalue weighted by atomic mass is 16.5. The fourth-order valence-corrected chi connectivity index (χ4v) is 1.63. The summed E-state index contributed by atoms with van der Waals surface area (Å²) < 4.78 is 5.27. The molecule has 3 N–H and O–H groups in total. The van der Waals surface area contributed by atoms with Gasteiger partial charge in [0.05, 0.1) is 17.1 Å². The summed E-state index contributed by atoms with van der Waals surface area (Å²) in [6, 6.07) is 3.58. The van der Waals surface area contributed by atoms with Gasteiger partial charge in [-0.2, -0.15) is 0 Å². The Hall–Kier alpha value is -1.91. The van der Waals surface area contributed by atoms with E-state index in [4.69, 9.17) is 10.5 Å². The number of anilines is 3. The smallest absolute Gasteiger partial charge is 0.262 e. The van der Waals surface area contributed by atoms with Crippen LogP contribution < -0.4 is 20.7 Å². The van der Waals surface area contributed by atoms with E-state index in [1.165, 1.54) is 0 Å². The number of rotatable bonds is 2. The minimum atomic E-state index is -0.137. The van der Waals surface area contributed by atoms with Gasteiger partial charge in [0, 0.05) is 19.7 Å². The van der Waals surface area contributed by atoms with E-state index in [2.05, 4.69) is 5.32 Å². The van der Waals surface area contributed by atoms with Gasteiger partial charge in [0.25, 0.3) is 5.91 Å². The average Bonchev–Trinajstić information content (AvgIpc) is 2.28. The number of fused-ring (bicyclic) bond motifs is 1. The van der Waals surface area contributed by atoms with Crippen LogP contribution in [0.3, 0.4) is 0 Å². The molecule has 0 atom stereocenters. The number of ether oxygens (including phenoxy) is 1. The van der Waals surface area contributed by atoms with Crippen LogP contribution in [0.1, 0.15) is 6.92 Å². The number of carbonyl (C=O) groups is 1. The number of hydrogen-bond donors (Lipinski definition) is 2. The van der Waals surface area contributed by atoms with Crippen molar-refractivity contribution < 1.29 is 9.53 Å². The van der Waals surface area contributed by atoms with Crippen molar-refractivity contribution in [2.45, 2.75) is 6.92 Å². The van der Waals surface area contributed by atoms with Crippen LogP contribution in [0.15, 0.2) is 12.1 Å². The highest BCUT2D eigenvalue weighted by Gasteiger charge is 2.18. The van der Waals surface area contributed by atoms with Crippen LogP contribution in [0, 0.1) is 0 Å². The quantitative estimate of drug-likeness (QED) is 0.733. The largest absolute Gasteiger partial charge is 0.482 e. The molecule has 86 valence electrons. The van der Waals surface area contributed by atoms with Gasteiger partial charge in [-0.1, -0.05) is 0 Å². The first kappa shape index (κ1) is 10.6. The number of nitrogen functional groups attached to an aromatic ring is 1. The molecule has 0 fully saturated rings. The molecule has 5 heteroatoms. The molecule has 1 aromatic carbocycles. The summed E-state index contributed by atoms with van der Waals surface area (Å²) in [5.41, 5.74) is 8.15. The summed E-state index contributed by atoms with van der Waals surface area (Å²) >= 11 is 0. The summed E-state index contributed by atoms with van der Waals surface area (Å²) in [5, 5.41) is 2.76. The van der Waals surface area contributed by atoms with Gasteiger partial charge in [-0.05, 0) is 13.0 Å². The Morgan fingerprint density at radius 2 is 2.31 bits per heavy atom. The third-order valence-electron chi connectivity index (χ3n) is 2.65. The van der Waals surface area contributed by atoms with Crippen LogP contribution in [0.4, 0.5) is 17.1 Å². The summed E-state index contributed by atoms with van der Waals surface area (Å²) in [5.74, 6) is 0.493. The monoisotopic (exact) mass is 221 g/mol. The predicted molar refractivity (Wildman–Crippen MR) is 63.9 cm³/mol. The lowest BCUT2D eigenvalue weighted by molar-refractivity contribution is -0.118. The molecule has 1 heterocycles. The van der Waals surface area contributed by atoms with Crippen LogP contribution in [-0.4, -0.2) is 26.1 Å². The maximum atomic E-state index is 11.2. The Labute approximate surface area is 94.2 Å². The van der Waals surface area contributed by atoms with Gasteiger partial charge < -0.3 is 20.7 Å². The molecule has 1 aliphatic rings. The molecule has 0 saturated heterocycles. The lowest BCUT2D eigenvalue weighted by Gasteiger charge is -2.24. The zero-order valence-corrected chi connectivity index (χ0v) is 9.41. The van der Waals surface area contributed by atoms with Gasteiger partial charge in [0.2, 0.25) is 0 Å². The number of benzene rings is 1. The zero-order valence-electron chi connectivity index (χ0n) is 9.41. The number of nitrogens with zero attached hydrogens (tertiary/aromatic N) is 1. The van der Waals surface area contributed by atoms with Gasteiger partial charge in [-0.3, -0.25) is 4.79 Å². The molecule has 5 nitrogen and oxygen atoms in total. The van der Waals surface area contributed by atoms with Crippen molar-refractivity contribution in [3.8, 4) is 5.75 Å². The molecule has 0 saturated carbocycles. The summed E-state index contributed by atoms with van der Waals surface area (Å²) in [6.45, 7) is 2.93. The second-order valence-corrected chi connectivity index (χ2v) is 3.76. The van der Waals surface area contributed by atoms with Crippen LogP contribution in [0.25, 0.3) is 0 Å². The van der Waals surface area contributed by atoms with Crippen LogP contribution in [0.2, 0.25) is 0 Å². The second kappa shape index (κ2) is 3.92. The molecule has 1 amide bonds. The normalized spacial score (nSPS) is 13.8. The van der Waals surface area contributed by atoms with Crippen LogP contribution in [-0.2, 0) is 4.79 Å². The molecular formula is C11H15N3O2. The van der Waals surface area contributed by atoms with Crippen LogP contribution >= 0.6 is 0 Å². The molecule has 0 aromatic heterocycles. The highest BCUT2D eigenvalue weighted by Crippen LogP contribution is 2.36. The molecule has 16 heavy (non-hydrogen) atoms. The molecule has 0 spiro atoms. The molecule has 1 aromatic rings. The highest BCUT2D eigenvalue weighted by molar-refractivity contribution is 5.97. The Bertz CT molecular complexity index is 431. The number of carbonyl (C=O) groups excluding carboxylic acids is 1.